The van der Waals surface area contributed by atoms with E-state index in [-0.39, 0.29) is 12.5 Å². The quantitative estimate of drug-likeness (QED) is 0.879. The molecule has 2 rings (SSSR count). The molecule has 114 valence electrons. The van der Waals surface area contributed by atoms with Crippen molar-refractivity contribution in [2.24, 2.45) is 0 Å². The van der Waals surface area contributed by atoms with Crippen LogP contribution in [0, 0.1) is 0 Å². The first kappa shape index (κ1) is 15.9. The van der Waals surface area contributed by atoms with Gasteiger partial charge in [-0.3, -0.25) is 19.8 Å². The van der Waals surface area contributed by atoms with E-state index in [0.29, 0.717) is 16.6 Å². The van der Waals surface area contributed by atoms with Crippen molar-refractivity contribution in [1.82, 2.24) is 15.5 Å². The standard InChI is InChI=1S/C15H20ClN3O2/c1-17-11-5-4-8-19(9-11)10-14(20)18-15(21)12-6-2-3-7-13(12)16/h2-3,6-7,11,17H,4-5,8-10H2,1H3,(H,18,20,21). The van der Waals surface area contributed by atoms with Crippen molar-refractivity contribution in [2.75, 3.05) is 26.7 Å². The number of hydrogen-bond acceptors (Lipinski definition) is 4. The maximum atomic E-state index is 12.0. The van der Waals surface area contributed by atoms with Crippen LogP contribution in [-0.4, -0.2) is 49.4 Å². The van der Waals surface area contributed by atoms with E-state index in [4.69, 9.17) is 11.6 Å². The predicted molar refractivity (Wildman–Crippen MR) is 82.4 cm³/mol. The predicted octanol–water partition coefficient (Wildman–Crippen LogP) is 1.28. The third kappa shape index (κ3) is 4.52. The average molecular weight is 310 g/mol. The molecule has 2 amide bonds. The number of piperidine rings is 1. The van der Waals surface area contributed by atoms with Crippen LogP contribution in [-0.2, 0) is 4.79 Å². The van der Waals surface area contributed by atoms with Crippen molar-refractivity contribution in [3.05, 3.63) is 34.9 Å². The van der Waals surface area contributed by atoms with Crippen LogP contribution < -0.4 is 10.6 Å². The van der Waals surface area contributed by atoms with Gasteiger partial charge in [0.1, 0.15) is 0 Å². The van der Waals surface area contributed by atoms with Crippen LogP contribution in [0.1, 0.15) is 23.2 Å². The zero-order valence-corrected chi connectivity index (χ0v) is 12.8. The van der Waals surface area contributed by atoms with E-state index in [1.54, 1.807) is 24.3 Å². The molecule has 1 aliphatic heterocycles. The number of benzene rings is 1. The summed E-state index contributed by atoms with van der Waals surface area (Å²) in [7, 11) is 1.93. The number of halogens is 1. The Kier molecular flexibility index (Phi) is 5.73. The molecule has 5 nitrogen and oxygen atoms in total. The fourth-order valence-electron chi connectivity index (χ4n) is 2.52. The molecule has 21 heavy (non-hydrogen) atoms. The van der Waals surface area contributed by atoms with Gasteiger partial charge >= 0.3 is 0 Å². The van der Waals surface area contributed by atoms with Gasteiger partial charge in [-0.1, -0.05) is 23.7 Å². The number of nitrogens with one attached hydrogen (secondary N) is 2. The molecule has 1 heterocycles. The minimum Gasteiger partial charge on any atom is -0.316 e. The van der Waals surface area contributed by atoms with Gasteiger partial charge in [0.25, 0.3) is 5.91 Å². The van der Waals surface area contributed by atoms with E-state index in [1.807, 2.05) is 7.05 Å². The first-order valence-electron chi connectivity index (χ1n) is 7.08. The summed E-state index contributed by atoms with van der Waals surface area (Å²) in [5.74, 6) is -0.746. The molecule has 0 spiro atoms. The van der Waals surface area contributed by atoms with Crippen LogP contribution in [0.2, 0.25) is 5.02 Å². The number of nitrogens with zero attached hydrogens (tertiary/aromatic N) is 1. The smallest absolute Gasteiger partial charge is 0.259 e. The van der Waals surface area contributed by atoms with Crippen molar-refractivity contribution >= 4 is 23.4 Å². The Hall–Kier alpha value is -1.43. The molecule has 1 saturated heterocycles. The number of amides is 2. The van der Waals surface area contributed by atoms with Crippen LogP contribution in [0.5, 0.6) is 0 Å². The first-order valence-corrected chi connectivity index (χ1v) is 7.46. The van der Waals surface area contributed by atoms with Gasteiger partial charge in [-0.2, -0.15) is 0 Å². The van der Waals surface area contributed by atoms with Crippen LogP contribution in [0.15, 0.2) is 24.3 Å². The molecule has 1 atom stereocenters. The second-order valence-electron chi connectivity index (χ2n) is 5.22. The second-order valence-corrected chi connectivity index (χ2v) is 5.63. The normalized spacial score (nSPS) is 19.2. The molecule has 0 saturated carbocycles. The summed E-state index contributed by atoms with van der Waals surface area (Å²) in [5.41, 5.74) is 0.319. The number of imide groups is 1. The number of likely N-dealkylation sites (N-methyl/N-ethyl adjacent to an activating group) is 1. The highest BCUT2D eigenvalue weighted by Gasteiger charge is 2.21. The van der Waals surface area contributed by atoms with E-state index < -0.39 is 5.91 Å². The molecule has 0 aromatic heterocycles. The molecule has 0 radical (unpaired) electrons. The van der Waals surface area contributed by atoms with E-state index >= 15 is 0 Å². The van der Waals surface area contributed by atoms with Crippen molar-refractivity contribution in [3.8, 4) is 0 Å². The summed E-state index contributed by atoms with van der Waals surface area (Å²) in [4.78, 5) is 26.0. The number of hydrogen-bond donors (Lipinski definition) is 2. The van der Waals surface area contributed by atoms with Gasteiger partial charge in [0, 0.05) is 12.6 Å². The maximum absolute atomic E-state index is 12.0. The number of likely N-dealkylation sites (tertiary alicyclic amines) is 1. The van der Waals surface area contributed by atoms with Crippen LogP contribution in [0.3, 0.4) is 0 Å². The number of carbonyl (C=O) groups is 2. The highest BCUT2D eigenvalue weighted by molar-refractivity contribution is 6.34. The SMILES string of the molecule is CNC1CCCN(CC(=O)NC(=O)c2ccccc2Cl)C1. The third-order valence-electron chi connectivity index (χ3n) is 3.65. The van der Waals surface area contributed by atoms with Crippen LogP contribution >= 0.6 is 11.6 Å². The highest BCUT2D eigenvalue weighted by atomic mass is 35.5. The van der Waals surface area contributed by atoms with Crippen molar-refractivity contribution < 1.29 is 9.59 Å². The molecule has 1 unspecified atom stereocenters. The largest absolute Gasteiger partial charge is 0.316 e. The molecule has 6 heteroatoms. The summed E-state index contributed by atoms with van der Waals surface area (Å²) >= 11 is 5.94. The van der Waals surface area contributed by atoms with E-state index in [9.17, 15) is 9.59 Å². The number of rotatable bonds is 4. The summed E-state index contributed by atoms with van der Waals surface area (Å²) in [5, 5.41) is 5.96. The molecular formula is C15H20ClN3O2. The van der Waals surface area contributed by atoms with Crippen molar-refractivity contribution in [2.45, 2.75) is 18.9 Å². The average Bonchev–Trinajstić information content (AvgIpc) is 2.47. The summed E-state index contributed by atoms with van der Waals surface area (Å²) in [6.07, 6.45) is 2.17. The Morgan fingerprint density at radius 2 is 2.14 bits per heavy atom. The van der Waals surface area contributed by atoms with Gasteiger partial charge in [0.05, 0.1) is 17.1 Å². The van der Waals surface area contributed by atoms with Gasteiger partial charge in [0.2, 0.25) is 5.91 Å². The minimum absolute atomic E-state index is 0.231. The highest BCUT2D eigenvalue weighted by Crippen LogP contribution is 2.14. The van der Waals surface area contributed by atoms with Gasteiger partial charge in [-0.25, -0.2) is 0 Å². The van der Waals surface area contributed by atoms with Crippen LogP contribution in [0.25, 0.3) is 0 Å². The minimum atomic E-state index is -0.451. The Bertz CT molecular complexity index is 521. The topological polar surface area (TPSA) is 61.4 Å². The maximum Gasteiger partial charge on any atom is 0.259 e. The summed E-state index contributed by atoms with van der Waals surface area (Å²) < 4.78 is 0. The third-order valence-corrected chi connectivity index (χ3v) is 3.98. The fourth-order valence-corrected chi connectivity index (χ4v) is 2.74. The van der Waals surface area contributed by atoms with Gasteiger partial charge in [-0.05, 0) is 38.6 Å². The monoisotopic (exact) mass is 309 g/mol. The Balaban J connectivity index is 1.87. The lowest BCUT2D eigenvalue weighted by molar-refractivity contribution is -0.121. The lowest BCUT2D eigenvalue weighted by Crippen LogP contribution is -2.48. The molecule has 2 N–H and O–H groups in total. The van der Waals surface area contributed by atoms with Crippen LogP contribution in [0.4, 0.5) is 0 Å². The zero-order chi connectivity index (χ0) is 15.2. The van der Waals surface area contributed by atoms with Gasteiger partial charge < -0.3 is 5.32 Å². The van der Waals surface area contributed by atoms with E-state index in [0.717, 1.165) is 25.9 Å². The van der Waals surface area contributed by atoms with Gasteiger partial charge in [-0.15, -0.1) is 0 Å². The Morgan fingerprint density at radius 1 is 1.38 bits per heavy atom. The zero-order valence-electron chi connectivity index (χ0n) is 12.1. The van der Waals surface area contributed by atoms with E-state index in [2.05, 4.69) is 15.5 Å². The molecule has 0 aliphatic carbocycles. The summed E-state index contributed by atoms with van der Waals surface area (Å²) in [6.45, 7) is 1.93. The molecule has 1 fully saturated rings. The Labute approximate surface area is 129 Å². The van der Waals surface area contributed by atoms with Crippen molar-refractivity contribution in [1.29, 1.82) is 0 Å². The molecule has 1 aromatic carbocycles. The second kappa shape index (κ2) is 7.54. The summed E-state index contributed by atoms with van der Waals surface area (Å²) in [6, 6.07) is 7.09. The first-order chi connectivity index (χ1) is 10.1. The molecular weight excluding hydrogens is 290 g/mol. The molecule has 1 aliphatic rings. The lowest BCUT2D eigenvalue weighted by Gasteiger charge is -2.31. The molecule has 0 bridgehead atoms. The lowest BCUT2D eigenvalue weighted by atomic mass is 10.1. The van der Waals surface area contributed by atoms with Crippen molar-refractivity contribution in [3.63, 3.8) is 0 Å². The Morgan fingerprint density at radius 3 is 2.86 bits per heavy atom. The van der Waals surface area contributed by atoms with Gasteiger partial charge in [0.15, 0.2) is 0 Å². The number of carbonyl (C=O) groups excluding carboxylic acids is 2. The molecule has 1 aromatic rings. The van der Waals surface area contributed by atoms with E-state index in [1.165, 1.54) is 0 Å². The fraction of sp³-hybridized carbons (Fsp3) is 0.467.